The van der Waals surface area contributed by atoms with E-state index in [0.29, 0.717) is 22.8 Å². The monoisotopic (exact) mass is 471 g/mol. The largest absolute Gasteiger partial charge is 0.462 e. The van der Waals surface area contributed by atoms with Crippen molar-refractivity contribution in [1.29, 1.82) is 0 Å². The van der Waals surface area contributed by atoms with Crippen LogP contribution >= 0.6 is 11.3 Å². The first-order valence-corrected chi connectivity index (χ1v) is 11.0. The van der Waals surface area contributed by atoms with Crippen molar-refractivity contribution < 1.29 is 33.3 Å². The second kappa shape index (κ2) is 9.33. The Balaban J connectivity index is 1.60. The standard InChI is InChI=1S/C22H21N3O7S/c1-4-29-21(27)17-11(3)18(22(28)30-5-2)33-20(17)23-19(26)14-9-13(24-25-14)12-6-7-15-16(8-12)32-10-31-15/h6-9H,4-5,10H2,1-3H3,(H,23,26)(H,24,25). The van der Waals surface area contributed by atoms with Gasteiger partial charge in [0, 0.05) is 5.56 Å². The second-order valence-electron chi connectivity index (χ2n) is 6.89. The smallest absolute Gasteiger partial charge is 0.348 e. The summed E-state index contributed by atoms with van der Waals surface area (Å²) < 4.78 is 20.9. The van der Waals surface area contributed by atoms with Crippen molar-refractivity contribution >= 4 is 34.2 Å². The molecule has 1 aliphatic heterocycles. The van der Waals surface area contributed by atoms with E-state index in [2.05, 4.69) is 15.5 Å². The fraction of sp³-hybridized carbons (Fsp3) is 0.273. The van der Waals surface area contributed by atoms with Gasteiger partial charge in [0.2, 0.25) is 6.79 Å². The first-order valence-electron chi connectivity index (χ1n) is 10.2. The van der Waals surface area contributed by atoms with Gasteiger partial charge in [-0.3, -0.25) is 9.89 Å². The number of carbonyl (C=O) groups excluding carboxylic acids is 3. The Morgan fingerprint density at radius 1 is 1.09 bits per heavy atom. The van der Waals surface area contributed by atoms with Gasteiger partial charge in [-0.05, 0) is 50.6 Å². The molecule has 172 valence electrons. The maximum atomic E-state index is 12.9. The number of H-pyrrole nitrogens is 1. The molecular weight excluding hydrogens is 450 g/mol. The second-order valence-corrected chi connectivity index (χ2v) is 7.91. The van der Waals surface area contributed by atoms with Crippen molar-refractivity contribution in [2.24, 2.45) is 0 Å². The van der Waals surface area contributed by atoms with Crippen molar-refractivity contribution in [2.75, 3.05) is 25.3 Å². The van der Waals surface area contributed by atoms with E-state index in [9.17, 15) is 14.4 Å². The number of aromatic nitrogens is 2. The molecule has 10 nitrogen and oxygen atoms in total. The van der Waals surface area contributed by atoms with Crippen LogP contribution in [0.1, 0.15) is 49.9 Å². The van der Waals surface area contributed by atoms with Gasteiger partial charge in [0.25, 0.3) is 5.91 Å². The number of rotatable bonds is 7. The summed E-state index contributed by atoms with van der Waals surface area (Å²) in [4.78, 5) is 37.9. The Labute approximate surface area is 192 Å². The zero-order valence-corrected chi connectivity index (χ0v) is 19.0. The molecule has 2 N–H and O–H groups in total. The molecule has 1 amide bonds. The molecule has 11 heteroatoms. The summed E-state index contributed by atoms with van der Waals surface area (Å²) in [5, 5.41) is 9.76. The molecular formula is C22H21N3O7S. The average molecular weight is 471 g/mol. The zero-order valence-electron chi connectivity index (χ0n) is 18.1. The van der Waals surface area contributed by atoms with Crippen molar-refractivity contribution in [2.45, 2.75) is 20.8 Å². The molecule has 0 unspecified atom stereocenters. The van der Waals surface area contributed by atoms with E-state index < -0.39 is 17.8 Å². The molecule has 0 bridgehead atoms. The maximum Gasteiger partial charge on any atom is 0.348 e. The molecule has 4 rings (SSSR count). The first kappa shape index (κ1) is 22.3. The number of amides is 1. The summed E-state index contributed by atoms with van der Waals surface area (Å²) in [6, 6.07) is 6.92. The minimum absolute atomic E-state index is 0.119. The van der Waals surface area contributed by atoms with Crippen LogP contribution in [0.25, 0.3) is 11.3 Å². The number of esters is 2. The van der Waals surface area contributed by atoms with E-state index in [0.717, 1.165) is 16.9 Å². The maximum absolute atomic E-state index is 12.9. The van der Waals surface area contributed by atoms with E-state index >= 15 is 0 Å². The summed E-state index contributed by atoms with van der Waals surface area (Å²) in [5.74, 6) is -0.498. The molecule has 0 saturated heterocycles. The predicted octanol–water partition coefficient (Wildman–Crippen LogP) is 3.78. The number of carbonyl (C=O) groups is 3. The van der Waals surface area contributed by atoms with Gasteiger partial charge in [-0.25, -0.2) is 9.59 Å². The van der Waals surface area contributed by atoms with Gasteiger partial charge >= 0.3 is 11.9 Å². The molecule has 0 radical (unpaired) electrons. The van der Waals surface area contributed by atoms with Gasteiger partial charge in [0.15, 0.2) is 11.5 Å². The fourth-order valence-electron chi connectivity index (χ4n) is 3.25. The molecule has 0 fully saturated rings. The lowest BCUT2D eigenvalue weighted by Crippen LogP contribution is -2.15. The lowest BCUT2D eigenvalue weighted by Gasteiger charge is -2.06. The van der Waals surface area contributed by atoms with E-state index in [1.807, 2.05) is 0 Å². The van der Waals surface area contributed by atoms with Crippen LogP contribution in [0.2, 0.25) is 0 Å². The molecule has 0 saturated carbocycles. The quantitative estimate of drug-likeness (QED) is 0.498. The summed E-state index contributed by atoms with van der Waals surface area (Å²) in [6.07, 6.45) is 0. The highest BCUT2D eigenvalue weighted by atomic mass is 32.1. The molecule has 0 aliphatic carbocycles. The fourth-order valence-corrected chi connectivity index (χ4v) is 4.34. The molecule has 2 aromatic heterocycles. The van der Waals surface area contributed by atoms with Gasteiger partial charge < -0.3 is 24.3 Å². The SMILES string of the molecule is CCOC(=O)c1sc(NC(=O)c2cc(-c3ccc4c(c3)OCO4)n[nH]2)c(C(=O)OCC)c1C. The summed E-state index contributed by atoms with van der Waals surface area (Å²) in [6.45, 7) is 5.46. The van der Waals surface area contributed by atoms with Gasteiger partial charge in [-0.2, -0.15) is 5.10 Å². The normalized spacial score (nSPS) is 11.8. The third kappa shape index (κ3) is 4.40. The number of ether oxygens (including phenoxy) is 4. The number of aromatic amines is 1. The Bertz CT molecular complexity index is 1230. The number of thiophene rings is 1. The number of fused-ring (bicyclic) bond motifs is 1. The van der Waals surface area contributed by atoms with Crippen LogP contribution in [0.5, 0.6) is 11.5 Å². The minimum Gasteiger partial charge on any atom is -0.462 e. The molecule has 33 heavy (non-hydrogen) atoms. The van der Waals surface area contributed by atoms with Crippen molar-refractivity contribution in [1.82, 2.24) is 10.2 Å². The summed E-state index contributed by atoms with van der Waals surface area (Å²) in [5.41, 5.74) is 1.94. The van der Waals surface area contributed by atoms with E-state index in [-0.39, 0.29) is 41.1 Å². The first-order chi connectivity index (χ1) is 15.9. The Kier molecular flexibility index (Phi) is 6.31. The van der Waals surface area contributed by atoms with Gasteiger partial charge in [0.05, 0.1) is 24.5 Å². The van der Waals surface area contributed by atoms with Gasteiger partial charge in [-0.1, -0.05) is 0 Å². The van der Waals surface area contributed by atoms with Crippen LogP contribution in [-0.4, -0.2) is 48.0 Å². The lowest BCUT2D eigenvalue weighted by atomic mass is 10.1. The van der Waals surface area contributed by atoms with E-state index in [4.69, 9.17) is 18.9 Å². The third-order valence-electron chi connectivity index (χ3n) is 4.81. The van der Waals surface area contributed by atoms with Crippen LogP contribution in [0.3, 0.4) is 0 Å². The average Bonchev–Trinajstić information content (AvgIpc) is 3.52. The molecule has 3 heterocycles. The third-order valence-corrected chi connectivity index (χ3v) is 5.99. The number of benzene rings is 1. The molecule has 0 atom stereocenters. The highest BCUT2D eigenvalue weighted by Gasteiger charge is 2.28. The van der Waals surface area contributed by atoms with Crippen molar-refractivity contribution in [3.63, 3.8) is 0 Å². The van der Waals surface area contributed by atoms with Crippen LogP contribution in [0.15, 0.2) is 24.3 Å². The highest BCUT2D eigenvalue weighted by molar-refractivity contribution is 7.18. The van der Waals surface area contributed by atoms with E-state index in [1.165, 1.54) is 0 Å². The predicted molar refractivity (Wildman–Crippen MR) is 119 cm³/mol. The van der Waals surface area contributed by atoms with Gasteiger partial charge in [0.1, 0.15) is 15.6 Å². The number of hydrogen-bond donors (Lipinski definition) is 2. The topological polar surface area (TPSA) is 129 Å². The molecule has 1 aromatic carbocycles. The summed E-state index contributed by atoms with van der Waals surface area (Å²) in [7, 11) is 0. The number of nitrogens with one attached hydrogen (secondary N) is 2. The number of hydrogen-bond acceptors (Lipinski definition) is 9. The van der Waals surface area contributed by atoms with Crippen LogP contribution < -0.4 is 14.8 Å². The Hall–Kier alpha value is -3.86. The van der Waals surface area contributed by atoms with Crippen molar-refractivity contribution in [3.8, 4) is 22.8 Å². The molecule has 3 aromatic rings. The molecule has 0 spiro atoms. The zero-order chi connectivity index (χ0) is 23.5. The highest BCUT2D eigenvalue weighted by Crippen LogP contribution is 2.36. The van der Waals surface area contributed by atoms with Crippen LogP contribution in [0, 0.1) is 6.92 Å². The van der Waals surface area contributed by atoms with E-state index in [1.54, 1.807) is 45.0 Å². The lowest BCUT2D eigenvalue weighted by molar-refractivity contribution is 0.0527. The number of anilines is 1. The Morgan fingerprint density at radius 3 is 2.58 bits per heavy atom. The summed E-state index contributed by atoms with van der Waals surface area (Å²) >= 11 is 0.956. The minimum atomic E-state index is -0.636. The Morgan fingerprint density at radius 2 is 1.82 bits per heavy atom. The molecule has 1 aliphatic rings. The number of nitrogens with zero attached hydrogens (tertiary/aromatic N) is 1. The van der Waals surface area contributed by atoms with Crippen LogP contribution in [-0.2, 0) is 9.47 Å². The van der Waals surface area contributed by atoms with Gasteiger partial charge in [-0.15, -0.1) is 11.3 Å². The van der Waals surface area contributed by atoms with Crippen LogP contribution in [0.4, 0.5) is 5.00 Å². The van der Waals surface area contributed by atoms with Crippen molar-refractivity contribution in [3.05, 3.63) is 46.0 Å².